The summed E-state index contributed by atoms with van der Waals surface area (Å²) in [5, 5.41) is 9.35. The third kappa shape index (κ3) is 2.32. The molecule has 1 N–H and O–H groups in total. The lowest BCUT2D eigenvalue weighted by molar-refractivity contribution is -0.139. The van der Waals surface area contributed by atoms with E-state index >= 15 is 0 Å². The molecule has 2 rings (SSSR count). The molecule has 1 aliphatic rings. The first-order valence-electron chi connectivity index (χ1n) is 5.73. The predicted molar refractivity (Wildman–Crippen MR) is 63.3 cm³/mol. The topological polar surface area (TPSA) is 37.3 Å². The molecule has 0 heterocycles. The number of rotatable bonds is 3. The van der Waals surface area contributed by atoms with Crippen LogP contribution in [0.1, 0.15) is 30.7 Å². The first kappa shape index (κ1) is 10.9. The van der Waals surface area contributed by atoms with Crippen LogP contribution in [0.15, 0.2) is 42.5 Å². The molecule has 0 amide bonds. The van der Waals surface area contributed by atoms with Crippen molar-refractivity contribution in [2.75, 3.05) is 0 Å². The molecule has 0 spiro atoms. The van der Waals surface area contributed by atoms with E-state index in [0.717, 1.165) is 24.8 Å². The van der Waals surface area contributed by atoms with Crippen molar-refractivity contribution < 1.29 is 9.90 Å². The van der Waals surface area contributed by atoms with Crippen LogP contribution in [0.5, 0.6) is 0 Å². The molecule has 16 heavy (non-hydrogen) atoms. The van der Waals surface area contributed by atoms with Crippen LogP contribution in [0.2, 0.25) is 0 Å². The molecule has 1 aliphatic carbocycles. The van der Waals surface area contributed by atoms with Crippen LogP contribution in [0.25, 0.3) is 0 Å². The molecule has 0 aliphatic heterocycles. The molecule has 2 atom stereocenters. The third-order valence-corrected chi connectivity index (χ3v) is 3.14. The highest BCUT2D eigenvalue weighted by Gasteiger charge is 2.28. The Hall–Kier alpha value is -1.57. The number of allylic oxidation sites excluding steroid dienone is 2. The number of aliphatic carboxylic acids is 1. The zero-order valence-electron chi connectivity index (χ0n) is 9.17. The SMILES string of the molecule is O=C(O)[C@H](c1ccccc1)[C@H]1C=CCCC1. The summed E-state index contributed by atoms with van der Waals surface area (Å²) in [5.74, 6) is -0.964. The van der Waals surface area contributed by atoms with Gasteiger partial charge in [-0.05, 0) is 30.7 Å². The van der Waals surface area contributed by atoms with Crippen LogP contribution < -0.4 is 0 Å². The second-order valence-corrected chi connectivity index (χ2v) is 4.25. The van der Waals surface area contributed by atoms with E-state index in [2.05, 4.69) is 12.2 Å². The van der Waals surface area contributed by atoms with E-state index in [9.17, 15) is 9.90 Å². The summed E-state index contributed by atoms with van der Waals surface area (Å²) in [7, 11) is 0. The molecule has 0 unspecified atom stereocenters. The van der Waals surface area contributed by atoms with Gasteiger partial charge in [0, 0.05) is 0 Å². The largest absolute Gasteiger partial charge is 0.481 e. The molecule has 0 saturated carbocycles. The quantitative estimate of drug-likeness (QED) is 0.788. The van der Waals surface area contributed by atoms with E-state index in [0.29, 0.717) is 0 Å². The molecular formula is C14H16O2. The van der Waals surface area contributed by atoms with Gasteiger partial charge in [-0.2, -0.15) is 0 Å². The lowest BCUT2D eigenvalue weighted by atomic mass is 9.80. The minimum Gasteiger partial charge on any atom is -0.481 e. The van der Waals surface area contributed by atoms with Crippen molar-refractivity contribution in [2.45, 2.75) is 25.2 Å². The fourth-order valence-corrected chi connectivity index (χ4v) is 2.35. The Morgan fingerprint density at radius 1 is 1.31 bits per heavy atom. The molecule has 84 valence electrons. The fourth-order valence-electron chi connectivity index (χ4n) is 2.35. The highest BCUT2D eigenvalue weighted by atomic mass is 16.4. The van der Waals surface area contributed by atoms with Gasteiger partial charge in [-0.1, -0.05) is 42.5 Å². The van der Waals surface area contributed by atoms with Gasteiger partial charge in [0.05, 0.1) is 5.92 Å². The minimum atomic E-state index is -0.720. The fraction of sp³-hybridized carbons (Fsp3) is 0.357. The van der Waals surface area contributed by atoms with E-state index in [1.165, 1.54) is 0 Å². The molecule has 0 radical (unpaired) electrons. The van der Waals surface area contributed by atoms with Crippen LogP contribution in [-0.2, 0) is 4.79 Å². The number of benzene rings is 1. The summed E-state index contributed by atoms with van der Waals surface area (Å²) in [4.78, 5) is 11.4. The average Bonchev–Trinajstić information content (AvgIpc) is 2.31. The van der Waals surface area contributed by atoms with Gasteiger partial charge in [-0.3, -0.25) is 4.79 Å². The Labute approximate surface area is 95.6 Å². The zero-order valence-corrected chi connectivity index (χ0v) is 9.17. The minimum absolute atomic E-state index is 0.147. The predicted octanol–water partition coefficient (Wildman–Crippen LogP) is 3.21. The molecule has 0 bridgehead atoms. The van der Waals surface area contributed by atoms with Gasteiger partial charge in [0.25, 0.3) is 0 Å². The summed E-state index contributed by atoms with van der Waals surface area (Å²) >= 11 is 0. The lowest BCUT2D eigenvalue weighted by Crippen LogP contribution is -2.21. The van der Waals surface area contributed by atoms with Crippen molar-refractivity contribution in [3.8, 4) is 0 Å². The van der Waals surface area contributed by atoms with Crippen LogP contribution in [0.4, 0.5) is 0 Å². The maximum atomic E-state index is 11.4. The van der Waals surface area contributed by atoms with E-state index in [4.69, 9.17) is 0 Å². The Balaban J connectivity index is 2.27. The van der Waals surface area contributed by atoms with E-state index in [1.807, 2.05) is 30.3 Å². The molecule has 1 aromatic rings. The molecule has 2 heteroatoms. The molecule has 2 nitrogen and oxygen atoms in total. The van der Waals surface area contributed by atoms with Crippen LogP contribution in [-0.4, -0.2) is 11.1 Å². The summed E-state index contributed by atoms with van der Waals surface area (Å²) in [6, 6.07) is 9.53. The summed E-state index contributed by atoms with van der Waals surface area (Å²) in [6.45, 7) is 0. The van der Waals surface area contributed by atoms with Gasteiger partial charge in [0.15, 0.2) is 0 Å². The summed E-state index contributed by atoms with van der Waals surface area (Å²) in [6.07, 6.45) is 7.32. The number of hydrogen-bond donors (Lipinski definition) is 1. The normalized spacial score (nSPS) is 21.6. The summed E-state index contributed by atoms with van der Waals surface area (Å²) in [5.41, 5.74) is 0.909. The van der Waals surface area contributed by atoms with Crippen molar-refractivity contribution >= 4 is 5.97 Å². The van der Waals surface area contributed by atoms with Gasteiger partial charge < -0.3 is 5.11 Å². The number of hydrogen-bond acceptors (Lipinski definition) is 1. The third-order valence-electron chi connectivity index (χ3n) is 3.14. The van der Waals surface area contributed by atoms with Crippen molar-refractivity contribution in [1.82, 2.24) is 0 Å². The van der Waals surface area contributed by atoms with Gasteiger partial charge in [-0.25, -0.2) is 0 Å². The van der Waals surface area contributed by atoms with Crippen LogP contribution in [0.3, 0.4) is 0 Å². The molecule has 0 saturated heterocycles. The van der Waals surface area contributed by atoms with Gasteiger partial charge in [0.1, 0.15) is 0 Å². The van der Waals surface area contributed by atoms with E-state index < -0.39 is 11.9 Å². The Morgan fingerprint density at radius 2 is 2.06 bits per heavy atom. The Bertz CT molecular complexity index is 381. The molecule has 0 aromatic heterocycles. The van der Waals surface area contributed by atoms with Crippen LogP contribution in [0, 0.1) is 5.92 Å². The maximum Gasteiger partial charge on any atom is 0.311 e. The highest BCUT2D eigenvalue weighted by Crippen LogP contribution is 2.32. The lowest BCUT2D eigenvalue weighted by Gasteiger charge is -2.23. The maximum absolute atomic E-state index is 11.4. The first-order valence-corrected chi connectivity index (χ1v) is 5.73. The second-order valence-electron chi connectivity index (χ2n) is 4.25. The van der Waals surface area contributed by atoms with Gasteiger partial charge >= 0.3 is 5.97 Å². The highest BCUT2D eigenvalue weighted by molar-refractivity contribution is 5.76. The van der Waals surface area contributed by atoms with Crippen molar-refractivity contribution in [1.29, 1.82) is 0 Å². The Kier molecular flexibility index (Phi) is 3.40. The smallest absolute Gasteiger partial charge is 0.311 e. The standard InChI is InChI=1S/C14H16O2/c15-14(16)13(11-7-3-1-4-8-11)12-9-5-2-6-10-12/h1,3-5,7-9,12-13H,2,6,10H2,(H,15,16)/t12-,13+/m0/s1. The first-order chi connectivity index (χ1) is 7.79. The number of carboxylic acid groups (broad SMARTS) is 1. The van der Waals surface area contributed by atoms with Crippen molar-refractivity contribution in [3.63, 3.8) is 0 Å². The Morgan fingerprint density at radius 3 is 2.62 bits per heavy atom. The second kappa shape index (κ2) is 4.97. The number of carbonyl (C=O) groups is 1. The molecular weight excluding hydrogens is 200 g/mol. The molecule has 1 aromatic carbocycles. The monoisotopic (exact) mass is 216 g/mol. The van der Waals surface area contributed by atoms with E-state index in [1.54, 1.807) is 0 Å². The van der Waals surface area contributed by atoms with Crippen LogP contribution >= 0.6 is 0 Å². The zero-order chi connectivity index (χ0) is 11.4. The average molecular weight is 216 g/mol. The van der Waals surface area contributed by atoms with E-state index in [-0.39, 0.29) is 5.92 Å². The van der Waals surface area contributed by atoms with Gasteiger partial charge in [-0.15, -0.1) is 0 Å². The van der Waals surface area contributed by atoms with Gasteiger partial charge in [0.2, 0.25) is 0 Å². The summed E-state index contributed by atoms with van der Waals surface area (Å²) < 4.78 is 0. The number of carboxylic acids is 1. The van der Waals surface area contributed by atoms with Crippen molar-refractivity contribution in [2.24, 2.45) is 5.92 Å². The molecule has 0 fully saturated rings. The van der Waals surface area contributed by atoms with Crippen molar-refractivity contribution in [3.05, 3.63) is 48.0 Å².